The predicted octanol–water partition coefficient (Wildman–Crippen LogP) is 2.60. The van der Waals surface area contributed by atoms with Gasteiger partial charge in [0, 0.05) is 23.4 Å². The van der Waals surface area contributed by atoms with Crippen molar-refractivity contribution in [3.8, 4) is 0 Å². The van der Waals surface area contributed by atoms with Crippen LogP contribution in [0.1, 0.15) is 12.6 Å². The van der Waals surface area contributed by atoms with E-state index >= 15 is 0 Å². The summed E-state index contributed by atoms with van der Waals surface area (Å²) >= 11 is 7.58. The van der Waals surface area contributed by atoms with Crippen LogP contribution < -0.4 is 0 Å². The van der Waals surface area contributed by atoms with E-state index in [0.29, 0.717) is 5.02 Å². The fraction of sp³-hybridized carbons (Fsp3) is 0.364. The van der Waals surface area contributed by atoms with Gasteiger partial charge in [-0.05, 0) is 12.1 Å². The van der Waals surface area contributed by atoms with Gasteiger partial charge < -0.3 is 9.51 Å². The van der Waals surface area contributed by atoms with Gasteiger partial charge in [0.15, 0.2) is 0 Å². The largest absolute Gasteiger partial charge is 0.395 e. The van der Waals surface area contributed by atoms with Crippen molar-refractivity contribution >= 4 is 29.0 Å². The third-order valence-electron chi connectivity index (χ3n) is 2.24. The summed E-state index contributed by atoms with van der Waals surface area (Å²) in [5, 5.41) is 9.87. The van der Waals surface area contributed by atoms with Crippen molar-refractivity contribution in [3.63, 3.8) is 0 Å². The molecule has 1 N–H and O–H groups in total. The minimum absolute atomic E-state index is 0.198. The van der Waals surface area contributed by atoms with Crippen LogP contribution >= 0.6 is 23.4 Å². The van der Waals surface area contributed by atoms with Crippen LogP contribution in [0.4, 0.5) is 0 Å². The van der Waals surface area contributed by atoms with E-state index in [1.54, 1.807) is 11.8 Å². The van der Waals surface area contributed by atoms with Crippen LogP contribution in [0.2, 0.25) is 5.02 Å². The molecule has 0 aromatic carbocycles. The average molecular weight is 257 g/mol. The third kappa shape index (κ3) is 2.70. The molecule has 0 fully saturated rings. The Morgan fingerprint density at radius 3 is 3.06 bits per heavy atom. The lowest BCUT2D eigenvalue weighted by Crippen LogP contribution is -2.02. The molecule has 0 bridgehead atoms. The average Bonchev–Trinajstić information content (AvgIpc) is 2.67. The molecule has 0 aliphatic heterocycles. The molecule has 0 spiro atoms. The summed E-state index contributed by atoms with van der Waals surface area (Å²) in [5.41, 5.74) is 1.91. The maximum Gasteiger partial charge on any atom is 0.137 e. The zero-order chi connectivity index (χ0) is 11.5. The van der Waals surface area contributed by atoms with E-state index in [4.69, 9.17) is 16.7 Å². The smallest absolute Gasteiger partial charge is 0.137 e. The number of nitrogens with zero attached hydrogens (tertiary/aromatic N) is 2. The highest BCUT2D eigenvalue weighted by Gasteiger charge is 2.05. The summed E-state index contributed by atoms with van der Waals surface area (Å²) in [7, 11) is 0. The molecule has 0 radical (unpaired) electrons. The van der Waals surface area contributed by atoms with Crippen LogP contribution in [0.15, 0.2) is 24.5 Å². The molecule has 0 saturated heterocycles. The van der Waals surface area contributed by atoms with E-state index in [-0.39, 0.29) is 11.9 Å². The summed E-state index contributed by atoms with van der Waals surface area (Å²) in [6, 6.07) is 3.73. The number of pyridine rings is 1. The van der Waals surface area contributed by atoms with Gasteiger partial charge in [-0.15, -0.1) is 11.8 Å². The van der Waals surface area contributed by atoms with E-state index in [0.717, 1.165) is 17.1 Å². The fourth-order valence-electron chi connectivity index (χ4n) is 1.37. The number of aromatic nitrogens is 2. The zero-order valence-electron chi connectivity index (χ0n) is 8.93. The van der Waals surface area contributed by atoms with E-state index < -0.39 is 0 Å². The van der Waals surface area contributed by atoms with Crippen LogP contribution in [0.5, 0.6) is 0 Å². The second-order valence-corrected chi connectivity index (χ2v) is 5.51. The Balaban J connectivity index is 2.13. The highest BCUT2D eigenvalue weighted by Crippen LogP contribution is 2.18. The minimum Gasteiger partial charge on any atom is -0.395 e. The van der Waals surface area contributed by atoms with Crippen LogP contribution in [-0.4, -0.2) is 26.3 Å². The van der Waals surface area contributed by atoms with E-state index in [1.807, 2.05) is 35.9 Å². The molecular weight excluding hydrogens is 244 g/mol. The third-order valence-corrected chi connectivity index (χ3v) is 3.64. The number of aliphatic hydroxyl groups is 1. The Labute approximate surface area is 103 Å². The molecule has 2 heterocycles. The molecule has 3 nitrogen and oxygen atoms in total. The summed E-state index contributed by atoms with van der Waals surface area (Å²) in [5.74, 6) is 0.807. The number of thioether (sulfide) groups is 1. The quantitative estimate of drug-likeness (QED) is 0.914. The van der Waals surface area contributed by atoms with Crippen LogP contribution in [0.25, 0.3) is 5.65 Å². The lowest BCUT2D eigenvalue weighted by atomic mass is 10.5. The Hall–Kier alpha value is -0.710. The van der Waals surface area contributed by atoms with Crippen molar-refractivity contribution in [3.05, 3.63) is 35.2 Å². The molecule has 0 amide bonds. The van der Waals surface area contributed by atoms with Crippen molar-refractivity contribution in [2.75, 3.05) is 6.61 Å². The lowest BCUT2D eigenvalue weighted by molar-refractivity contribution is 0.300. The highest BCUT2D eigenvalue weighted by atomic mass is 35.5. The molecule has 5 heteroatoms. The summed E-state index contributed by atoms with van der Waals surface area (Å²) < 4.78 is 1.92. The summed E-state index contributed by atoms with van der Waals surface area (Å²) in [4.78, 5) is 4.46. The molecule has 1 atom stereocenters. The zero-order valence-corrected chi connectivity index (χ0v) is 10.5. The molecule has 16 heavy (non-hydrogen) atoms. The summed E-state index contributed by atoms with van der Waals surface area (Å²) in [6.07, 6.45) is 3.81. The number of hydrogen-bond acceptors (Lipinski definition) is 3. The standard InChI is InChI=1S/C11H13ClN2OS/c1-8(6-15)16-7-10-5-14-4-9(12)2-3-11(14)13-10/h2-5,8,15H,6-7H2,1H3. The molecule has 0 saturated carbocycles. The molecule has 0 aliphatic carbocycles. The monoisotopic (exact) mass is 256 g/mol. The Bertz CT molecular complexity index is 486. The van der Waals surface area contributed by atoms with Crippen molar-refractivity contribution in [2.24, 2.45) is 0 Å². The van der Waals surface area contributed by atoms with Crippen molar-refractivity contribution in [1.29, 1.82) is 0 Å². The lowest BCUT2D eigenvalue weighted by Gasteiger charge is -2.04. The van der Waals surface area contributed by atoms with Crippen LogP contribution in [-0.2, 0) is 5.75 Å². The van der Waals surface area contributed by atoms with Gasteiger partial charge in [0.25, 0.3) is 0 Å². The van der Waals surface area contributed by atoms with Gasteiger partial charge in [-0.2, -0.15) is 0 Å². The van der Waals surface area contributed by atoms with Gasteiger partial charge in [0.2, 0.25) is 0 Å². The second-order valence-electron chi connectivity index (χ2n) is 3.65. The predicted molar refractivity (Wildman–Crippen MR) is 68.0 cm³/mol. The normalized spacial score (nSPS) is 13.2. The molecule has 1 unspecified atom stereocenters. The van der Waals surface area contributed by atoms with E-state index in [2.05, 4.69) is 4.98 Å². The van der Waals surface area contributed by atoms with Gasteiger partial charge >= 0.3 is 0 Å². The Morgan fingerprint density at radius 2 is 2.31 bits per heavy atom. The number of rotatable bonds is 4. The number of imidazole rings is 1. The molecule has 2 aromatic rings. The van der Waals surface area contributed by atoms with Gasteiger partial charge in [-0.1, -0.05) is 18.5 Å². The number of halogens is 1. The molecule has 2 aromatic heterocycles. The van der Waals surface area contributed by atoms with Crippen LogP contribution in [0.3, 0.4) is 0 Å². The Kier molecular flexibility index (Phi) is 3.74. The first-order chi connectivity index (χ1) is 7.69. The maximum atomic E-state index is 8.93. The number of aliphatic hydroxyl groups excluding tert-OH is 1. The molecule has 2 rings (SSSR count). The van der Waals surface area contributed by atoms with Gasteiger partial charge in [0.1, 0.15) is 5.65 Å². The molecular formula is C11H13ClN2OS. The first kappa shape index (κ1) is 11.8. The topological polar surface area (TPSA) is 37.5 Å². The second kappa shape index (κ2) is 5.08. The number of fused-ring (bicyclic) bond motifs is 1. The van der Waals surface area contributed by atoms with Crippen LogP contribution in [0, 0.1) is 0 Å². The highest BCUT2D eigenvalue weighted by molar-refractivity contribution is 7.99. The molecule has 0 aliphatic rings. The van der Waals surface area contributed by atoms with Crippen molar-refractivity contribution < 1.29 is 5.11 Å². The van der Waals surface area contributed by atoms with Crippen molar-refractivity contribution in [1.82, 2.24) is 9.38 Å². The number of hydrogen-bond donors (Lipinski definition) is 1. The van der Waals surface area contributed by atoms with Gasteiger partial charge in [-0.3, -0.25) is 0 Å². The fourth-order valence-corrected chi connectivity index (χ4v) is 2.23. The van der Waals surface area contributed by atoms with E-state index in [1.165, 1.54) is 0 Å². The van der Waals surface area contributed by atoms with E-state index in [9.17, 15) is 0 Å². The van der Waals surface area contributed by atoms with Gasteiger partial charge in [0.05, 0.1) is 17.3 Å². The molecule has 86 valence electrons. The first-order valence-corrected chi connectivity index (χ1v) is 6.47. The first-order valence-electron chi connectivity index (χ1n) is 5.04. The van der Waals surface area contributed by atoms with Crippen molar-refractivity contribution in [2.45, 2.75) is 17.9 Å². The van der Waals surface area contributed by atoms with Gasteiger partial charge in [-0.25, -0.2) is 4.98 Å². The summed E-state index contributed by atoms with van der Waals surface area (Å²) in [6.45, 7) is 2.20. The SMILES string of the molecule is CC(CO)SCc1cn2cc(Cl)ccc2n1. The minimum atomic E-state index is 0.198. The maximum absolute atomic E-state index is 8.93. The Morgan fingerprint density at radius 1 is 1.50 bits per heavy atom.